The number of nitrogens with zero attached hydrogens (tertiary/aromatic N) is 1. The Morgan fingerprint density at radius 1 is 1.36 bits per heavy atom. The van der Waals surface area contributed by atoms with Crippen molar-refractivity contribution in [2.75, 3.05) is 12.4 Å². The van der Waals surface area contributed by atoms with Crippen LogP contribution in [-0.2, 0) is 16.0 Å². The molecule has 1 aromatic carbocycles. The Morgan fingerprint density at radius 2 is 2.18 bits per heavy atom. The van der Waals surface area contributed by atoms with Crippen LogP contribution in [0.5, 0.6) is 5.75 Å². The van der Waals surface area contributed by atoms with Crippen molar-refractivity contribution in [1.82, 2.24) is 4.98 Å². The Bertz CT molecular complexity index is 1100. The molecule has 2 saturated carbocycles. The van der Waals surface area contributed by atoms with Crippen molar-refractivity contribution in [1.29, 1.82) is 0 Å². The van der Waals surface area contributed by atoms with Gasteiger partial charge in [-0.05, 0) is 109 Å². The lowest BCUT2D eigenvalue weighted by Gasteiger charge is -2.50. The fourth-order valence-corrected chi connectivity index (χ4v) is 8.35. The van der Waals surface area contributed by atoms with E-state index in [4.69, 9.17) is 4.74 Å². The van der Waals surface area contributed by atoms with Crippen molar-refractivity contribution in [3.8, 4) is 5.75 Å². The van der Waals surface area contributed by atoms with Gasteiger partial charge in [0.15, 0.2) is 5.13 Å². The minimum absolute atomic E-state index is 0.00778. The minimum Gasteiger partial charge on any atom is -0.496 e. The summed E-state index contributed by atoms with van der Waals surface area (Å²) in [6.07, 6.45) is 7.83. The van der Waals surface area contributed by atoms with Gasteiger partial charge in [-0.15, -0.1) is 11.3 Å². The van der Waals surface area contributed by atoms with E-state index >= 15 is 0 Å². The van der Waals surface area contributed by atoms with Crippen LogP contribution in [0.2, 0.25) is 0 Å². The van der Waals surface area contributed by atoms with Crippen LogP contribution in [0, 0.1) is 33.7 Å². The number of aromatic nitrogens is 1. The van der Waals surface area contributed by atoms with E-state index in [1.54, 1.807) is 13.3 Å². The van der Waals surface area contributed by atoms with Crippen LogP contribution < -0.4 is 10.1 Å². The zero-order valence-electron chi connectivity index (χ0n) is 19.4. The third kappa shape index (κ3) is 4.13. The molecule has 2 aromatic rings. The number of carbonyl (C=O) groups excluding carboxylic acids is 2. The van der Waals surface area contributed by atoms with Gasteiger partial charge < -0.3 is 10.1 Å². The maximum Gasteiger partial charge on any atom is 0.226 e. The van der Waals surface area contributed by atoms with Crippen molar-refractivity contribution in [2.45, 2.75) is 64.7 Å². The molecule has 5 atom stereocenters. The quantitative estimate of drug-likeness (QED) is 0.434. The molecule has 7 heteroatoms. The molecule has 33 heavy (non-hydrogen) atoms. The number of anilines is 1. The zero-order chi connectivity index (χ0) is 23.3. The number of hydrogen-bond donors (Lipinski definition) is 1. The van der Waals surface area contributed by atoms with Crippen molar-refractivity contribution in [2.24, 2.45) is 23.2 Å². The van der Waals surface area contributed by atoms with Crippen LogP contribution in [0.4, 0.5) is 5.13 Å². The Hall–Kier alpha value is -1.48. The Morgan fingerprint density at radius 3 is 2.91 bits per heavy atom. The summed E-state index contributed by atoms with van der Waals surface area (Å²) >= 11 is 3.87. The fraction of sp³-hybridized carbons (Fsp3) is 0.577. The van der Waals surface area contributed by atoms with E-state index in [2.05, 4.69) is 51.9 Å². The monoisotopic (exact) mass is 578 g/mol. The van der Waals surface area contributed by atoms with Gasteiger partial charge in [-0.1, -0.05) is 6.92 Å². The Balaban J connectivity index is 1.35. The number of thiazole rings is 1. The number of ether oxygens (including phenoxy) is 1. The van der Waals surface area contributed by atoms with E-state index in [1.165, 1.54) is 22.5 Å². The molecule has 5 nitrogen and oxygen atoms in total. The smallest absolute Gasteiger partial charge is 0.226 e. The second kappa shape index (κ2) is 8.95. The molecule has 0 bridgehead atoms. The molecule has 3 aliphatic carbocycles. The number of fused-ring (bicyclic) bond motifs is 5. The number of hydrogen-bond acceptors (Lipinski definition) is 5. The number of ketones is 1. The van der Waals surface area contributed by atoms with Gasteiger partial charge in [0, 0.05) is 29.3 Å². The molecule has 0 radical (unpaired) electrons. The van der Waals surface area contributed by atoms with Crippen molar-refractivity contribution >= 4 is 50.7 Å². The summed E-state index contributed by atoms with van der Waals surface area (Å²) in [4.78, 5) is 31.1. The highest BCUT2D eigenvalue weighted by Gasteiger charge is 2.58. The molecule has 5 rings (SSSR count). The largest absolute Gasteiger partial charge is 0.496 e. The lowest BCUT2D eigenvalue weighted by Crippen LogP contribution is -2.44. The first-order valence-corrected chi connectivity index (χ1v) is 13.8. The van der Waals surface area contributed by atoms with Crippen molar-refractivity contribution < 1.29 is 14.3 Å². The molecular weight excluding hydrogens is 547 g/mol. The van der Waals surface area contributed by atoms with E-state index in [1.807, 2.05) is 6.92 Å². The van der Waals surface area contributed by atoms with Gasteiger partial charge in [-0.3, -0.25) is 9.59 Å². The van der Waals surface area contributed by atoms with Crippen LogP contribution in [-0.4, -0.2) is 23.8 Å². The van der Waals surface area contributed by atoms with E-state index in [9.17, 15) is 9.59 Å². The van der Waals surface area contributed by atoms with Gasteiger partial charge in [0.2, 0.25) is 5.91 Å². The van der Waals surface area contributed by atoms with Crippen LogP contribution in [0.25, 0.3) is 0 Å². The Labute approximate surface area is 213 Å². The first-order valence-electron chi connectivity index (χ1n) is 11.9. The first kappa shape index (κ1) is 23.3. The fourth-order valence-electron chi connectivity index (χ4n) is 6.96. The molecule has 1 aromatic heterocycles. The molecular formula is C26H31IN2O3S. The number of rotatable bonds is 5. The highest BCUT2D eigenvalue weighted by Crippen LogP contribution is 2.62. The summed E-state index contributed by atoms with van der Waals surface area (Å²) < 4.78 is 6.73. The van der Waals surface area contributed by atoms with Crippen molar-refractivity contribution in [3.05, 3.63) is 37.9 Å². The zero-order valence-corrected chi connectivity index (χ0v) is 22.4. The summed E-state index contributed by atoms with van der Waals surface area (Å²) in [5.74, 6) is 3.07. The van der Waals surface area contributed by atoms with E-state index in [0.717, 1.165) is 46.3 Å². The topological polar surface area (TPSA) is 68.3 Å². The normalized spacial score (nSPS) is 30.4. The second-order valence-electron chi connectivity index (χ2n) is 10.2. The van der Waals surface area contributed by atoms with Gasteiger partial charge >= 0.3 is 0 Å². The van der Waals surface area contributed by atoms with Gasteiger partial charge in [-0.25, -0.2) is 4.98 Å². The molecule has 0 aliphatic heterocycles. The molecule has 3 unspecified atom stereocenters. The Kier molecular flexibility index (Phi) is 6.31. The standard InChI is InChI=1S/C26H31IN2O3S/c1-14-13-28-25(33-14)29-23(31)7-5-16-11-22(30)26(2)9-8-17-18(24(16)26)6-4-15-10-21(32-3)20(27)12-19(15)17/h10,12-13,16-18,24H,4-9,11H2,1-3H3,(H,28,29,31)/t16-,17?,18?,24?,26-/m1/s1. The SMILES string of the molecule is COc1cc2c(cc1I)C1CC[C@]3(C)C(=O)C[C@@H](CCC(=O)Nc4ncc(C)s4)C3C1CC2. The summed E-state index contributed by atoms with van der Waals surface area (Å²) in [7, 11) is 1.74. The van der Waals surface area contributed by atoms with Crippen LogP contribution in [0.15, 0.2) is 18.3 Å². The molecule has 0 saturated heterocycles. The number of amides is 1. The van der Waals surface area contributed by atoms with Crippen LogP contribution in [0.3, 0.4) is 0 Å². The lowest BCUT2D eigenvalue weighted by atomic mass is 9.54. The minimum atomic E-state index is -0.230. The van der Waals surface area contributed by atoms with Crippen LogP contribution >= 0.6 is 33.9 Å². The maximum atomic E-state index is 13.2. The van der Waals surface area contributed by atoms with Gasteiger partial charge in [-0.2, -0.15) is 0 Å². The molecule has 2 fully saturated rings. The number of carbonyl (C=O) groups is 2. The highest BCUT2D eigenvalue weighted by atomic mass is 127. The summed E-state index contributed by atoms with van der Waals surface area (Å²) in [5.41, 5.74) is 2.65. The van der Waals surface area contributed by atoms with Crippen LogP contribution in [0.1, 0.15) is 67.4 Å². The summed E-state index contributed by atoms with van der Waals surface area (Å²) in [5, 5.41) is 3.60. The summed E-state index contributed by atoms with van der Waals surface area (Å²) in [6.45, 7) is 4.19. The van der Waals surface area contributed by atoms with E-state index < -0.39 is 0 Å². The van der Waals surface area contributed by atoms with Gasteiger partial charge in [0.1, 0.15) is 11.5 Å². The van der Waals surface area contributed by atoms with E-state index in [0.29, 0.717) is 41.5 Å². The summed E-state index contributed by atoms with van der Waals surface area (Å²) in [6, 6.07) is 4.55. The number of methoxy groups -OCH3 is 1. The molecule has 1 amide bonds. The molecule has 3 aliphatic rings. The van der Waals surface area contributed by atoms with Crippen molar-refractivity contribution in [3.63, 3.8) is 0 Å². The van der Waals surface area contributed by atoms with Gasteiger partial charge in [0.05, 0.1) is 10.7 Å². The molecule has 1 N–H and O–H groups in total. The first-order chi connectivity index (χ1) is 15.8. The highest BCUT2D eigenvalue weighted by molar-refractivity contribution is 14.1. The average Bonchev–Trinajstić information content (AvgIpc) is 3.31. The number of aryl methyl sites for hydroxylation is 2. The average molecular weight is 579 g/mol. The third-order valence-corrected chi connectivity index (χ3v) is 10.1. The number of Topliss-reactive ketones (excluding diaryl/α,β-unsaturated/α-hetero) is 1. The lowest BCUT2D eigenvalue weighted by molar-refractivity contribution is -0.129. The predicted molar refractivity (Wildman–Crippen MR) is 139 cm³/mol. The number of benzene rings is 1. The second-order valence-corrected chi connectivity index (χ2v) is 12.6. The third-order valence-electron chi connectivity index (χ3n) is 8.45. The molecule has 176 valence electrons. The number of halogens is 1. The van der Waals surface area contributed by atoms with Gasteiger partial charge in [0.25, 0.3) is 0 Å². The van der Waals surface area contributed by atoms with E-state index in [-0.39, 0.29) is 17.2 Å². The molecule has 1 heterocycles. The maximum absolute atomic E-state index is 13.2. The number of nitrogens with one attached hydrogen (secondary N) is 1. The molecule has 0 spiro atoms. The predicted octanol–water partition coefficient (Wildman–Crippen LogP) is 6.13.